The summed E-state index contributed by atoms with van der Waals surface area (Å²) in [6, 6.07) is 7.71. The van der Waals surface area contributed by atoms with Gasteiger partial charge in [0.05, 0.1) is 24.7 Å². The van der Waals surface area contributed by atoms with Crippen molar-refractivity contribution in [3.63, 3.8) is 0 Å². The van der Waals surface area contributed by atoms with Crippen molar-refractivity contribution in [1.82, 2.24) is 8.87 Å². The van der Waals surface area contributed by atoms with E-state index in [-0.39, 0.29) is 24.5 Å². The summed E-state index contributed by atoms with van der Waals surface area (Å²) in [6.07, 6.45) is -3.51. The number of alkyl halides is 3. The topological polar surface area (TPSA) is 68.6 Å². The molecule has 6 nitrogen and oxygen atoms in total. The maximum Gasteiger partial charge on any atom is 0.421 e. The second-order valence-corrected chi connectivity index (χ2v) is 7.95. The minimum atomic E-state index is -4.75. The molecule has 0 atom stereocenters. The molecule has 0 saturated carbocycles. The van der Waals surface area contributed by atoms with E-state index < -0.39 is 27.3 Å². The summed E-state index contributed by atoms with van der Waals surface area (Å²) in [7, 11) is -3.73. The van der Waals surface area contributed by atoms with E-state index >= 15 is 0 Å². The lowest BCUT2D eigenvalue weighted by Gasteiger charge is -2.26. The van der Waals surface area contributed by atoms with E-state index in [9.17, 15) is 26.4 Å². The zero-order valence-corrected chi connectivity index (χ0v) is 15.0. The number of ether oxygens (including phenoxy) is 1. The van der Waals surface area contributed by atoms with E-state index in [1.165, 1.54) is 28.7 Å². The van der Waals surface area contributed by atoms with Crippen molar-refractivity contribution < 1.29 is 26.3 Å². The largest absolute Gasteiger partial charge is 0.421 e. The molecule has 0 unspecified atom stereocenters. The Morgan fingerprint density at radius 1 is 1.07 bits per heavy atom. The number of morpholine rings is 1. The van der Waals surface area contributed by atoms with Crippen LogP contribution >= 0.6 is 0 Å². The van der Waals surface area contributed by atoms with Crippen LogP contribution in [-0.4, -0.2) is 43.6 Å². The fraction of sp³-hybridized carbons (Fsp3) is 0.353. The number of pyridine rings is 1. The Hall–Kier alpha value is -2.17. The molecule has 3 rings (SSSR count). The van der Waals surface area contributed by atoms with Gasteiger partial charge in [-0.15, -0.1) is 0 Å². The highest BCUT2D eigenvalue weighted by atomic mass is 32.2. The molecule has 27 heavy (non-hydrogen) atoms. The van der Waals surface area contributed by atoms with Crippen molar-refractivity contribution in [1.29, 1.82) is 0 Å². The number of sulfonamides is 1. The molecule has 0 aliphatic carbocycles. The number of nitrogens with zero attached hydrogens (tertiary/aromatic N) is 2. The number of aromatic nitrogens is 1. The Bertz CT molecular complexity index is 980. The highest BCUT2D eigenvalue weighted by molar-refractivity contribution is 7.89. The van der Waals surface area contributed by atoms with E-state index in [0.29, 0.717) is 18.8 Å². The maximum atomic E-state index is 12.9. The van der Waals surface area contributed by atoms with Gasteiger partial charge >= 0.3 is 6.18 Å². The zero-order valence-electron chi connectivity index (χ0n) is 14.1. The normalized spacial score (nSPS) is 16.4. The van der Waals surface area contributed by atoms with Crippen LogP contribution in [0.15, 0.2) is 52.3 Å². The Balaban J connectivity index is 1.90. The highest BCUT2D eigenvalue weighted by Gasteiger charge is 2.34. The van der Waals surface area contributed by atoms with Crippen LogP contribution in [0, 0.1) is 0 Å². The maximum absolute atomic E-state index is 12.9. The molecular weight excluding hydrogens is 385 g/mol. The Morgan fingerprint density at radius 3 is 2.44 bits per heavy atom. The predicted molar refractivity (Wildman–Crippen MR) is 90.8 cm³/mol. The van der Waals surface area contributed by atoms with Crippen molar-refractivity contribution in [3.8, 4) is 0 Å². The third kappa shape index (κ3) is 4.23. The Labute approximate surface area is 153 Å². The molecule has 0 spiro atoms. The first kappa shape index (κ1) is 19.6. The van der Waals surface area contributed by atoms with E-state index in [2.05, 4.69) is 0 Å². The van der Waals surface area contributed by atoms with Gasteiger partial charge in [0, 0.05) is 19.3 Å². The lowest BCUT2D eigenvalue weighted by atomic mass is 10.2. The summed E-state index contributed by atoms with van der Waals surface area (Å²) in [5.41, 5.74) is -2.03. The van der Waals surface area contributed by atoms with Crippen molar-refractivity contribution in [2.24, 2.45) is 0 Å². The number of benzene rings is 1. The van der Waals surface area contributed by atoms with E-state index in [0.717, 1.165) is 16.7 Å². The molecule has 1 fully saturated rings. The average molecular weight is 402 g/mol. The first-order valence-electron chi connectivity index (χ1n) is 8.13. The summed E-state index contributed by atoms with van der Waals surface area (Å²) >= 11 is 0. The van der Waals surface area contributed by atoms with Gasteiger partial charge in [-0.1, -0.05) is 12.1 Å². The predicted octanol–water partition coefficient (Wildman–Crippen LogP) is 1.94. The number of hydrogen-bond acceptors (Lipinski definition) is 4. The van der Waals surface area contributed by atoms with Crippen LogP contribution in [0.4, 0.5) is 13.2 Å². The Kier molecular flexibility index (Phi) is 5.41. The van der Waals surface area contributed by atoms with Crippen LogP contribution in [0.25, 0.3) is 0 Å². The molecule has 0 N–H and O–H groups in total. The molecule has 1 aromatic heterocycles. The van der Waals surface area contributed by atoms with E-state index in [4.69, 9.17) is 4.74 Å². The van der Waals surface area contributed by atoms with E-state index in [1.54, 1.807) is 6.07 Å². The minimum absolute atomic E-state index is 0.0296. The van der Waals surface area contributed by atoms with Gasteiger partial charge in [-0.05, 0) is 29.8 Å². The monoisotopic (exact) mass is 402 g/mol. The van der Waals surface area contributed by atoms with Crippen LogP contribution < -0.4 is 5.56 Å². The van der Waals surface area contributed by atoms with Gasteiger partial charge in [-0.2, -0.15) is 17.5 Å². The van der Waals surface area contributed by atoms with Crippen molar-refractivity contribution in [2.45, 2.75) is 17.6 Å². The van der Waals surface area contributed by atoms with E-state index in [1.807, 2.05) is 0 Å². The van der Waals surface area contributed by atoms with Gasteiger partial charge in [-0.3, -0.25) is 4.79 Å². The second kappa shape index (κ2) is 7.45. The molecule has 0 bridgehead atoms. The first-order valence-corrected chi connectivity index (χ1v) is 9.57. The lowest BCUT2D eigenvalue weighted by Crippen LogP contribution is -2.40. The third-order valence-electron chi connectivity index (χ3n) is 4.18. The summed E-state index contributed by atoms with van der Waals surface area (Å²) < 4.78 is 71.4. The molecule has 1 aliphatic rings. The third-order valence-corrected chi connectivity index (χ3v) is 6.08. The molecule has 1 aromatic carbocycles. The number of hydrogen-bond donors (Lipinski definition) is 0. The highest BCUT2D eigenvalue weighted by Crippen LogP contribution is 2.26. The smallest absolute Gasteiger partial charge is 0.379 e. The number of halogens is 3. The standard InChI is InChI=1S/C17H17F3N2O4S/c18-17(19,20)15-5-2-6-21(16(15)23)12-13-3-1-4-14(11-13)27(24,25)22-7-9-26-10-8-22/h1-6,11H,7-10,12H2. The second-order valence-electron chi connectivity index (χ2n) is 6.02. The van der Waals surface area contributed by atoms with Gasteiger partial charge in [0.15, 0.2) is 0 Å². The Morgan fingerprint density at radius 2 is 1.78 bits per heavy atom. The van der Waals surface area contributed by atoms with Crippen LogP contribution in [0.2, 0.25) is 0 Å². The van der Waals surface area contributed by atoms with Crippen LogP contribution in [-0.2, 0) is 27.5 Å². The summed E-state index contributed by atoms with van der Waals surface area (Å²) in [5, 5.41) is 0. The summed E-state index contributed by atoms with van der Waals surface area (Å²) in [6.45, 7) is 0.908. The molecule has 0 radical (unpaired) electrons. The van der Waals surface area contributed by atoms with Gasteiger partial charge in [-0.25, -0.2) is 8.42 Å². The number of rotatable bonds is 4. The van der Waals surface area contributed by atoms with Crippen molar-refractivity contribution >= 4 is 10.0 Å². The van der Waals surface area contributed by atoms with Gasteiger partial charge in [0.1, 0.15) is 5.56 Å². The molecule has 2 aromatic rings. The SMILES string of the molecule is O=c1c(C(F)(F)F)cccn1Cc1cccc(S(=O)(=O)N2CCOCC2)c1. The van der Waals surface area contributed by atoms with Crippen molar-refractivity contribution in [3.05, 3.63) is 64.1 Å². The quantitative estimate of drug-likeness (QED) is 0.784. The molecule has 1 aliphatic heterocycles. The zero-order chi connectivity index (χ0) is 19.7. The van der Waals surface area contributed by atoms with Crippen LogP contribution in [0.1, 0.15) is 11.1 Å². The van der Waals surface area contributed by atoms with Crippen molar-refractivity contribution in [2.75, 3.05) is 26.3 Å². The average Bonchev–Trinajstić information content (AvgIpc) is 2.63. The molecule has 1 saturated heterocycles. The fourth-order valence-electron chi connectivity index (χ4n) is 2.81. The molecule has 10 heteroatoms. The van der Waals surface area contributed by atoms with Crippen LogP contribution in [0.3, 0.4) is 0 Å². The van der Waals surface area contributed by atoms with Gasteiger partial charge in [0.2, 0.25) is 10.0 Å². The molecular formula is C17H17F3N2O4S. The first-order chi connectivity index (χ1) is 12.7. The summed E-state index contributed by atoms with van der Waals surface area (Å²) in [5.74, 6) is 0. The summed E-state index contributed by atoms with van der Waals surface area (Å²) in [4.78, 5) is 12.1. The molecule has 146 valence electrons. The van der Waals surface area contributed by atoms with Gasteiger partial charge < -0.3 is 9.30 Å². The molecule has 0 amide bonds. The minimum Gasteiger partial charge on any atom is -0.379 e. The fourth-order valence-corrected chi connectivity index (χ4v) is 4.29. The lowest BCUT2D eigenvalue weighted by molar-refractivity contribution is -0.138. The van der Waals surface area contributed by atoms with Gasteiger partial charge in [0.25, 0.3) is 5.56 Å². The molecule has 2 heterocycles. The van der Waals surface area contributed by atoms with Crippen LogP contribution in [0.5, 0.6) is 0 Å².